The van der Waals surface area contributed by atoms with Crippen molar-refractivity contribution in [2.45, 2.75) is 6.42 Å². The maximum absolute atomic E-state index is 2.26. The van der Waals surface area contributed by atoms with Gasteiger partial charge in [0.1, 0.15) is 0 Å². The van der Waals surface area contributed by atoms with E-state index in [0.717, 1.165) is 6.42 Å². The third kappa shape index (κ3) is 2.92. The van der Waals surface area contributed by atoms with E-state index in [9.17, 15) is 0 Å². The fourth-order valence-corrected chi connectivity index (χ4v) is 2.34. The first-order chi connectivity index (χ1) is 9.42. The summed E-state index contributed by atoms with van der Waals surface area (Å²) < 4.78 is 0. The first-order valence-corrected chi connectivity index (χ1v) is 6.60. The van der Waals surface area contributed by atoms with Gasteiger partial charge in [0.15, 0.2) is 0 Å². The summed E-state index contributed by atoms with van der Waals surface area (Å²) in [5.41, 5.74) is 5.31. The molecule has 0 saturated carbocycles. The van der Waals surface area contributed by atoms with Crippen molar-refractivity contribution in [1.29, 1.82) is 0 Å². The molecular weight excluding hydrogens is 228 g/mol. The summed E-state index contributed by atoms with van der Waals surface area (Å²) in [5.74, 6) is 0. The summed E-state index contributed by atoms with van der Waals surface area (Å²) in [6.45, 7) is 0. The van der Waals surface area contributed by atoms with Gasteiger partial charge in [-0.1, -0.05) is 85.0 Å². The number of hydrogen-bond acceptors (Lipinski definition) is 0. The second kappa shape index (κ2) is 5.53. The van der Waals surface area contributed by atoms with E-state index in [1.54, 1.807) is 0 Å². The highest BCUT2D eigenvalue weighted by Crippen LogP contribution is 2.27. The van der Waals surface area contributed by atoms with E-state index in [4.69, 9.17) is 0 Å². The predicted molar refractivity (Wildman–Crippen MR) is 82.6 cm³/mol. The summed E-state index contributed by atoms with van der Waals surface area (Å²) in [6.07, 6.45) is 9.79. The third-order valence-corrected chi connectivity index (χ3v) is 3.30. The van der Waals surface area contributed by atoms with Gasteiger partial charge in [0, 0.05) is 0 Å². The van der Waals surface area contributed by atoms with Crippen LogP contribution in [0.4, 0.5) is 0 Å². The molecule has 0 radical (unpaired) electrons. The summed E-state index contributed by atoms with van der Waals surface area (Å²) in [6, 6.07) is 21.1. The lowest BCUT2D eigenvalue weighted by atomic mass is 9.93. The van der Waals surface area contributed by atoms with Gasteiger partial charge in [-0.25, -0.2) is 0 Å². The zero-order valence-corrected chi connectivity index (χ0v) is 10.8. The molecule has 1 aliphatic rings. The predicted octanol–water partition coefficient (Wildman–Crippen LogP) is 5.11. The normalized spacial score (nSPS) is 16.4. The molecular formula is C19H16. The zero-order valence-electron chi connectivity index (χ0n) is 10.8. The molecule has 92 valence electrons. The van der Waals surface area contributed by atoms with Crippen molar-refractivity contribution in [1.82, 2.24) is 0 Å². The van der Waals surface area contributed by atoms with Crippen LogP contribution in [0.15, 0.2) is 84.5 Å². The second-order valence-corrected chi connectivity index (χ2v) is 4.72. The van der Waals surface area contributed by atoms with Gasteiger partial charge in [0.05, 0.1) is 0 Å². The van der Waals surface area contributed by atoms with E-state index in [0.29, 0.717) is 0 Å². The van der Waals surface area contributed by atoms with Crippen molar-refractivity contribution in [3.8, 4) is 0 Å². The van der Waals surface area contributed by atoms with Gasteiger partial charge >= 0.3 is 0 Å². The highest BCUT2D eigenvalue weighted by atomic mass is 14.1. The Balaban J connectivity index is 1.85. The van der Waals surface area contributed by atoms with E-state index >= 15 is 0 Å². The van der Waals surface area contributed by atoms with Crippen molar-refractivity contribution in [2.75, 3.05) is 0 Å². The Bertz CT molecular complexity index is 628. The standard InChI is InChI=1S/C19H16/c1-3-8-16(9-4-1)14-17-10-7-13-19(15-17)18-11-5-2-6-12-18/h1-14H,15H2. The minimum Gasteiger partial charge on any atom is -0.0622 e. The number of allylic oxidation sites excluding steroid dienone is 5. The summed E-state index contributed by atoms with van der Waals surface area (Å²) in [4.78, 5) is 0. The van der Waals surface area contributed by atoms with Crippen molar-refractivity contribution >= 4 is 11.6 Å². The van der Waals surface area contributed by atoms with Gasteiger partial charge in [0.25, 0.3) is 0 Å². The molecule has 0 fully saturated rings. The number of benzene rings is 2. The number of hydrogen-bond donors (Lipinski definition) is 0. The Hall–Kier alpha value is -2.34. The Kier molecular flexibility index (Phi) is 3.42. The Labute approximate surface area is 114 Å². The molecule has 0 amide bonds. The Morgan fingerprint density at radius 3 is 2.21 bits per heavy atom. The third-order valence-electron chi connectivity index (χ3n) is 3.30. The lowest BCUT2D eigenvalue weighted by Gasteiger charge is -2.12. The molecule has 0 atom stereocenters. The van der Waals surface area contributed by atoms with Crippen LogP contribution in [0, 0.1) is 0 Å². The quantitative estimate of drug-likeness (QED) is 0.688. The van der Waals surface area contributed by atoms with E-state index in [-0.39, 0.29) is 0 Å². The van der Waals surface area contributed by atoms with Crippen LogP contribution in [-0.2, 0) is 0 Å². The SMILES string of the molecule is C1=CC(=Cc2ccccc2)CC(c2ccccc2)=C1. The molecule has 0 nitrogen and oxygen atoms in total. The van der Waals surface area contributed by atoms with Crippen LogP contribution in [0.25, 0.3) is 11.6 Å². The average Bonchev–Trinajstić information content (AvgIpc) is 2.49. The van der Waals surface area contributed by atoms with E-state index in [1.165, 1.54) is 22.3 Å². The van der Waals surface area contributed by atoms with E-state index in [2.05, 4.69) is 78.9 Å². The maximum Gasteiger partial charge on any atom is -0.00196 e. The molecule has 0 heterocycles. The first kappa shape index (κ1) is 11.7. The topological polar surface area (TPSA) is 0 Å². The molecule has 19 heavy (non-hydrogen) atoms. The highest BCUT2D eigenvalue weighted by Gasteiger charge is 2.06. The van der Waals surface area contributed by atoms with Gasteiger partial charge in [-0.2, -0.15) is 0 Å². The van der Waals surface area contributed by atoms with Crippen molar-refractivity contribution < 1.29 is 0 Å². The van der Waals surface area contributed by atoms with Crippen molar-refractivity contribution in [3.05, 3.63) is 95.6 Å². The second-order valence-electron chi connectivity index (χ2n) is 4.72. The van der Waals surface area contributed by atoms with E-state index in [1.807, 2.05) is 6.07 Å². The van der Waals surface area contributed by atoms with Crippen LogP contribution in [0.5, 0.6) is 0 Å². The molecule has 0 unspecified atom stereocenters. The van der Waals surface area contributed by atoms with Crippen molar-refractivity contribution in [2.24, 2.45) is 0 Å². The van der Waals surface area contributed by atoms with Crippen LogP contribution >= 0.6 is 0 Å². The van der Waals surface area contributed by atoms with Crippen molar-refractivity contribution in [3.63, 3.8) is 0 Å². The molecule has 0 heteroatoms. The van der Waals surface area contributed by atoms with Gasteiger partial charge < -0.3 is 0 Å². The highest BCUT2D eigenvalue weighted by molar-refractivity contribution is 5.74. The summed E-state index contributed by atoms with van der Waals surface area (Å²) in [5, 5.41) is 0. The van der Waals surface area contributed by atoms with Crippen LogP contribution in [0.3, 0.4) is 0 Å². The van der Waals surface area contributed by atoms with Crippen LogP contribution in [-0.4, -0.2) is 0 Å². The van der Waals surface area contributed by atoms with Crippen LogP contribution in [0.1, 0.15) is 17.5 Å². The Morgan fingerprint density at radius 1 is 0.789 bits per heavy atom. The summed E-state index contributed by atoms with van der Waals surface area (Å²) >= 11 is 0. The molecule has 0 N–H and O–H groups in total. The molecule has 2 aromatic rings. The fourth-order valence-electron chi connectivity index (χ4n) is 2.34. The molecule has 0 saturated heterocycles. The first-order valence-electron chi connectivity index (χ1n) is 6.60. The minimum atomic E-state index is 0.995. The van der Waals surface area contributed by atoms with E-state index < -0.39 is 0 Å². The van der Waals surface area contributed by atoms with Gasteiger partial charge in [-0.3, -0.25) is 0 Å². The molecule has 3 rings (SSSR count). The summed E-state index contributed by atoms with van der Waals surface area (Å²) in [7, 11) is 0. The zero-order chi connectivity index (χ0) is 12.9. The molecule has 0 aliphatic heterocycles. The maximum atomic E-state index is 2.26. The average molecular weight is 244 g/mol. The molecule has 0 bridgehead atoms. The number of rotatable bonds is 2. The van der Waals surface area contributed by atoms with Crippen LogP contribution < -0.4 is 0 Å². The molecule has 0 spiro atoms. The molecule has 2 aromatic carbocycles. The smallest absolute Gasteiger partial charge is 0.00196 e. The largest absolute Gasteiger partial charge is 0.0622 e. The van der Waals surface area contributed by atoms with Gasteiger partial charge in [0.2, 0.25) is 0 Å². The minimum absolute atomic E-state index is 0.995. The monoisotopic (exact) mass is 244 g/mol. The lowest BCUT2D eigenvalue weighted by molar-refractivity contribution is 1.29. The molecule has 0 aromatic heterocycles. The molecule has 1 aliphatic carbocycles. The lowest BCUT2D eigenvalue weighted by Crippen LogP contribution is -1.91. The van der Waals surface area contributed by atoms with Gasteiger partial charge in [-0.05, 0) is 28.7 Å². The fraction of sp³-hybridized carbons (Fsp3) is 0.0526. The van der Waals surface area contributed by atoms with Gasteiger partial charge in [-0.15, -0.1) is 0 Å². The van der Waals surface area contributed by atoms with Crippen LogP contribution in [0.2, 0.25) is 0 Å². The Morgan fingerprint density at radius 2 is 1.47 bits per heavy atom.